The molecule has 2 heterocycles. The highest BCUT2D eigenvalue weighted by Gasteiger charge is 2.35. The second-order valence-corrected chi connectivity index (χ2v) is 4.94. The van der Waals surface area contributed by atoms with Crippen LogP contribution in [-0.2, 0) is 13.2 Å². The van der Waals surface area contributed by atoms with Crippen molar-refractivity contribution in [1.29, 1.82) is 0 Å². The van der Waals surface area contributed by atoms with E-state index in [1.807, 2.05) is 5.43 Å². The van der Waals surface area contributed by atoms with Gasteiger partial charge < -0.3 is 0 Å². The number of aromatic nitrogens is 2. The molecule has 0 aromatic carbocycles. The lowest BCUT2D eigenvalue weighted by Gasteiger charge is -1.99. The van der Waals surface area contributed by atoms with Crippen LogP contribution < -0.4 is 5.43 Å². The Morgan fingerprint density at radius 1 is 1.48 bits per heavy atom. The lowest BCUT2D eigenvalue weighted by atomic mass is 10.3. The number of nitrogens with one attached hydrogen (secondary N) is 1. The summed E-state index contributed by atoms with van der Waals surface area (Å²) in [6, 6.07) is 3.29. The summed E-state index contributed by atoms with van der Waals surface area (Å²) in [5.74, 6) is -0.853. The summed E-state index contributed by atoms with van der Waals surface area (Å²) in [6.45, 7) is 0. The van der Waals surface area contributed by atoms with Gasteiger partial charge in [-0.2, -0.15) is 27.8 Å². The Morgan fingerprint density at radius 2 is 2.19 bits per heavy atom. The van der Waals surface area contributed by atoms with Crippen LogP contribution in [0.1, 0.15) is 21.1 Å². The van der Waals surface area contributed by atoms with E-state index in [0.29, 0.717) is 10.9 Å². The van der Waals surface area contributed by atoms with E-state index in [-0.39, 0.29) is 5.69 Å². The van der Waals surface area contributed by atoms with Gasteiger partial charge in [-0.3, -0.25) is 9.48 Å². The zero-order valence-electron chi connectivity index (χ0n) is 10.5. The molecular formula is C11H8F4N4OS. The summed E-state index contributed by atoms with van der Waals surface area (Å²) in [7, 11) is 1.21. The maximum Gasteiger partial charge on any atom is 0.435 e. The number of nitrogens with zero attached hydrogens (tertiary/aromatic N) is 3. The molecule has 21 heavy (non-hydrogen) atoms. The van der Waals surface area contributed by atoms with E-state index in [4.69, 9.17) is 0 Å². The average Bonchev–Trinajstić information content (AvgIpc) is 2.95. The minimum Gasteiger partial charge on any atom is -0.266 e. The van der Waals surface area contributed by atoms with Crippen LogP contribution in [0.5, 0.6) is 0 Å². The third kappa shape index (κ3) is 3.66. The fourth-order valence-corrected chi connectivity index (χ4v) is 2.03. The Balaban J connectivity index is 2.07. The lowest BCUT2D eigenvalue weighted by Crippen LogP contribution is -2.20. The van der Waals surface area contributed by atoms with Crippen LogP contribution in [0, 0.1) is 5.13 Å². The molecule has 0 fully saturated rings. The van der Waals surface area contributed by atoms with E-state index in [2.05, 4.69) is 10.2 Å². The topological polar surface area (TPSA) is 59.3 Å². The minimum atomic E-state index is -4.63. The van der Waals surface area contributed by atoms with Crippen molar-refractivity contribution >= 4 is 23.5 Å². The van der Waals surface area contributed by atoms with Crippen molar-refractivity contribution in [3.05, 3.63) is 39.6 Å². The third-order valence-electron chi connectivity index (χ3n) is 2.35. The number of thiophene rings is 1. The molecule has 1 amide bonds. The largest absolute Gasteiger partial charge is 0.435 e. The molecule has 1 N–H and O–H groups in total. The Labute approximate surface area is 119 Å². The molecule has 0 unspecified atom stereocenters. The standard InChI is InChI=1S/C11H8F4N4OS/c1-19-7(4-8(18-19)11(13,14)15)10(20)17-16-5-6-2-3-9(12)21-6/h2-5H,1H3,(H,17,20)/b16-5-. The van der Waals surface area contributed by atoms with Gasteiger partial charge in [-0.15, -0.1) is 11.3 Å². The van der Waals surface area contributed by atoms with Gasteiger partial charge in [-0.1, -0.05) is 0 Å². The first-order valence-electron chi connectivity index (χ1n) is 5.47. The molecule has 10 heteroatoms. The van der Waals surface area contributed by atoms with Gasteiger partial charge in [0.05, 0.1) is 11.1 Å². The second-order valence-electron chi connectivity index (χ2n) is 3.88. The van der Waals surface area contributed by atoms with Crippen LogP contribution >= 0.6 is 11.3 Å². The zero-order valence-corrected chi connectivity index (χ0v) is 11.3. The maximum atomic E-state index is 12.7. The first-order chi connectivity index (χ1) is 9.77. The molecule has 2 aromatic heterocycles. The normalized spacial score (nSPS) is 12.0. The first kappa shape index (κ1) is 15.2. The Morgan fingerprint density at radius 3 is 2.71 bits per heavy atom. The highest BCUT2D eigenvalue weighted by atomic mass is 32.1. The number of hydrazone groups is 1. The summed E-state index contributed by atoms with van der Waals surface area (Å²) >= 11 is 0.812. The molecule has 0 saturated heterocycles. The molecule has 112 valence electrons. The number of halogens is 4. The summed E-state index contributed by atoms with van der Waals surface area (Å²) < 4.78 is 50.8. The van der Waals surface area contributed by atoms with Gasteiger partial charge in [0.1, 0.15) is 5.69 Å². The van der Waals surface area contributed by atoms with Gasteiger partial charge in [0, 0.05) is 13.1 Å². The minimum absolute atomic E-state index is 0.295. The Bertz CT molecular complexity index is 689. The van der Waals surface area contributed by atoms with Crippen molar-refractivity contribution in [2.24, 2.45) is 12.1 Å². The zero-order chi connectivity index (χ0) is 15.6. The first-order valence-corrected chi connectivity index (χ1v) is 6.29. The molecule has 0 aliphatic rings. The van der Waals surface area contributed by atoms with Crippen LogP contribution in [-0.4, -0.2) is 21.9 Å². The molecular weight excluding hydrogens is 312 g/mol. The predicted molar refractivity (Wildman–Crippen MR) is 67.5 cm³/mol. The van der Waals surface area contributed by atoms with Gasteiger partial charge in [0.15, 0.2) is 10.8 Å². The summed E-state index contributed by atoms with van der Waals surface area (Å²) in [5.41, 5.74) is 0.587. The predicted octanol–water partition coefficient (Wildman–Crippen LogP) is 2.40. The molecule has 5 nitrogen and oxygen atoms in total. The van der Waals surface area contributed by atoms with Gasteiger partial charge in [0.25, 0.3) is 5.91 Å². The quantitative estimate of drug-likeness (QED) is 0.536. The molecule has 0 saturated carbocycles. The number of carbonyl (C=O) groups is 1. The average molecular weight is 320 g/mol. The SMILES string of the molecule is Cn1nc(C(F)(F)F)cc1C(=O)N/N=C\c1ccc(F)s1. The number of alkyl halides is 3. The number of hydrogen-bond donors (Lipinski definition) is 1. The van der Waals surface area contributed by atoms with Crippen molar-refractivity contribution in [2.75, 3.05) is 0 Å². The van der Waals surface area contributed by atoms with E-state index in [1.165, 1.54) is 25.4 Å². The highest BCUT2D eigenvalue weighted by molar-refractivity contribution is 7.12. The van der Waals surface area contributed by atoms with E-state index in [1.54, 1.807) is 0 Å². The third-order valence-corrected chi connectivity index (χ3v) is 3.16. The Kier molecular flexibility index (Phi) is 4.07. The molecule has 0 aliphatic carbocycles. The van der Waals surface area contributed by atoms with Crippen LogP contribution in [0.3, 0.4) is 0 Å². The molecule has 0 aliphatic heterocycles. The van der Waals surface area contributed by atoms with Crippen LogP contribution in [0.25, 0.3) is 0 Å². The van der Waals surface area contributed by atoms with Crippen molar-refractivity contribution in [3.8, 4) is 0 Å². The van der Waals surface area contributed by atoms with Gasteiger partial charge >= 0.3 is 6.18 Å². The number of amides is 1. The van der Waals surface area contributed by atoms with Gasteiger partial charge in [0.2, 0.25) is 0 Å². The monoisotopic (exact) mass is 320 g/mol. The molecule has 2 aromatic rings. The van der Waals surface area contributed by atoms with E-state index in [9.17, 15) is 22.4 Å². The summed E-state index contributed by atoms with van der Waals surface area (Å²) in [4.78, 5) is 12.1. The lowest BCUT2D eigenvalue weighted by molar-refractivity contribution is -0.141. The summed E-state index contributed by atoms with van der Waals surface area (Å²) in [5, 5.41) is 6.33. The molecule has 0 atom stereocenters. The van der Waals surface area contributed by atoms with E-state index >= 15 is 0 Å². The molecule has 2 rings (SSSR count). The number of rotatable bonds is 3. The van der Waals surface area contributed by atoms with Gasteiger partial charge in [-0.05, 0) is 12.1 Å². The van der Waals surface area contributed by atoms with Crippen molar-refractivity contribution < 1.29 is 22.4 Å². The van der Waals surface area contributed by atoms with E-state index in [0.717, 1.165) is 16.0 Å². The van der Waals surface area contributed by atoms with Crippen LogP contribution in [0.2, 0.25) is 0 Å². The van der Waals surface area contributed by atoms with Crippen LogP contribution in [0.15, 0.2) is 23.3 Å². The fourth-order valence-electron chi connectivity index (χ4n) is 1.43. The van der Waals surface area contributed by atoms with Gasteiger partial charge in [-0.25, -0.2) is 5.43 Å². The Hall–Kier alpha value is -2.23. The molecule has 0 bridgehead atoms. The number of hydrogen-bond acceptors (Lipinski definition) is 4. The fraction of sp³-hybridized carbons (Fsp3) is 0.182. The maximum absolute atomic E-state index is 12.7. The molecule has 0 spiro atoms. The van der Waals surface area contributed by atoms with Crippen LogP contribution in [0.4, 0.5) is 17.6 Å². The number of aryl methyl sites for hydroxylation is 1. The van der Waals surface area contributed by atoms with E-state index < -0.39 is 22.9 Å². The summed E-state index contributed by atoms with van der Waals surface area (Å²) in [6.07, 6.45) is -3.44. The number of carbonyl (C=O) groups excluding carboxylic acids is 1. The highest BCUT2D eigenvalue weighted by Crippen LogP contribution is 2.28. The van der Waals surface area contributed by atoms with Crippen molar-refractivity contribution in [2.45, 2.75) is 6.18 Å². The van der Waals surface area contributed by atoms with Crippen molar-refractivity contribution in [3.63, 3.8) is 0 Å². The smallest absolute Gasteiger partial charge is 0.266 e. The molecule has 0 radical (unpaired) electrons. The van der Waals surface area contributed by atoms with Crippen molar-refractivity contribution in [1.82, 2.24) is 15.2 Å². The second kappa shape index (κ2) is 5.64.